The lowest BCUT2D eigenvalue weighted by atomic mass is 10.0. The van der Waals surface area contributed by atoms with Crippen molar-refractivity contribution in [1.82, 2.24) is 10.3 Å². The molecule has 1 N–H and O–H groups in total. The quantitative estimate of drug-likeness (QED) is 0.707. The molecular weight excluding hydrogens is 340 g/mol. The Bertz CT molecular complexity index is 998. The largest absolute Gasteiger partial charge is 0.467 e. The number of amides is 1. The Labute approximate surface area is 158 Å². The zero-order chi connectivity index (χ0) is 19.4. The van der Waals surface area contributed by atoms with Gasteiger partial charge in [-0.15, -0.1) is 0 Å². The van der Waals surface area contributed by atoms with Crippen LogP contribution in [-0.2, 0) is 16.0 Å². The van der Waals surface area contributed by atoms with E-state index < -0.39 is 17.9 Å². The Morgan fingerprint density at radius 2 is 1.81 bits per heavy atom. The van der Waals surface area contributed by atoms with Gasteiger partial charge < -0.3 is 10.1 Å². The standard InChI is InChI=1S/C22H22N2O3/c1-14-8-9-16(12-15(14)2)13-20(22(26)27-3)24-21(25)19-11-10-17-6-4-5-7-18(17)23-19/h4-12,20H,13H2,1-3H3,(H,24,25)/t20-/m0/s1. The number of hydrogen-bond donors (Lipinski definition) is 1. The van der Waals surface area contributed by atoms with Crippen LogP contribution >= 0.6 is 0 Å². The molecule has 1 atom stereocenters. The number of aromatic nitrogens is 1. The minimum absolute atomic E-state index is 0.266. The number of nitrogens with one attached hydrogen (secondary N) is 1. The van der Waals surface area contributed by atoms with E-state index in [1.807, 2.05) is 62.4 Å². The van der Waals surface area contributed by atoms with Crippen molar-refractivity contribution in [2.45, 2.75) is 26.3 Å². The SMILES string of the molecule is COC(=O)[C@H](Cc1ccc(C)c(C)c1)NC(=O)c1ccc2ccccc2n1. The molecule has 3 aromatic rings. The van der Waals surface area contributed by atoms with Gasteiger partial charge in [-0.2, -0.15) is 0 Å². The summed E-state index contributed by atoms with van der Waals surface area (Å²) in [6.07, 6.45) is 0.354. The van der Waals surface area contributed by atoms with Crippen molar-refractivity contribution in [1.29, 1.82) is 0 Å². The average Bonchev–Trinajstić information content (AvgIpc) is 2.69. The number of aryl methyl sites for hydroxylation is 2. The third kappa shape index (κ3) is 4.31. The molecule has 27 heavy (non-hydrogen) atoms. The van der Waals surface area contributed by atoms with E-state index in [0.717, 1.165) is 22.0 Å². The molecule has 0 unspecified atom stereocenters. The molecule has 0 bridgehead atoms. The molecule has 1 heterocycles. The Morgan fingerprint density at radius 3 is 2.56 bits per heavy atom. The molecule has 0 aliphatic carbocycles. The van der Waals surface area contributed by atoms with Gasteiger partial charge in [-0.3, -0.25) is 4.79 Å². The van der Waals surface area contributed by atoms with E-state index in [9.17, 15) is 9.59 Å². The van der Waals surface area contributed by atoms with Gasteiger partial charge >= 0.3 is 5.97 Å². The molecule has 3 rings (SSSR count). The number of para-hydroxylation sites is 1. The van der Waals surface area contributed by atoms with Crippen molar-refractivity contribution in [3.63, 3.8) is 0 Å². The second-order valence-corrected chi connectivity index (χ2v) is 6.56. The highest BCUT2D eigenvalue weighted by Crippen LogP contribution is 2.14. The molecule has 2 aromatic carbocycles. The van der Waals surface area contributed by atoms with E-state index in [-0.39, 0.29) is 5.69 Å². The molecule has 0 fully saturated rings. The highest BCUT2D eigenvalue weighted by Gasteiger charge is 2.23. The summed E-state index contributed by atoms with van der Waals surface area (Å²) in [4.78, 5) is 29.2. The van der Waals surface area contributed by atoms with E-state index in [0.29, 0.717) is 6.42 Å². The summed E-state index contributed by atoms with van der Waals surface area (Å²) in [5, 5.41) is 3.71. The number of carbonyl (C=O) groups is 2. The van der Waals surface area contributed by atoms with Gasteiger partial charge in [-0.1, -0.05) is 42.5 Å². The topological polar surface area (TPSA) is 68.3 Å². The lowest BCUT2D eigenvalue weighted by molar-refractivity contribution is -0.142. The first-order chi connectivity index (χ1) is 13.0. The number of fused-ring (bicyclic) bond motifs is 1. The third-order valence-electron chi connectivity index (χ3n) is 4.63. The highest BCUT2D eigenvalue weighted by molar-refractivity contribution is 5.97. The molecular formula is C22H22N2O3. The fraction of sp³-hybridized carbons (Fsp3) is 0.227. The maximum absolute atomic E-state index is 12.6. The molecule has 138 valence electrons. The maximum Gasteiger partial charge on any atom is 0.328 e. The summed E-state index contributed by atoms with van der Waals surface area (Å²) in [6, 6.07) is 16.3. The van der Waals surface area contributed by atoms with Crippen LogP contribution in [-0.4, -0.2) is 30.0 Å². The number of pyridine rings is 1. The monoisotopic (exact) mass is 362 g/mol. The van der Waals surface area contributed by atoms with Crippen LogP contribution < -0.4 is 5.32 Å². The van der Waals surface area contributed by atoms with Gasteiger partial charge in [0.2, 0.25) is 0 Å². The van der Waals surface area contributed by atoms with Crippen LogP contribution in [0.5, 0.6) is 0 Å². The van der Waals surface area contributed by atoms with Gasteiger partial charge in [0.05, 0.1) is 12.6 Å². The second-order valence-electron chi connectivity index (χ2n) is 6.56. The molecule has 1 amide bonds. The Morgan fingerprint density at radius 1 is 1.04 bits per heavy atom. The van der Waals surface area contributed by atoms with Crippen LogP contribution in [0.3, 0.4) is 0 Å². The van der Waals surface area contributed by atoms with Crippen LogP contribution in [0.15, 0.2) is 54.6 Å². The zero-order valence-corrected chi connectivity index (χ0v) is 15.7. The van der Waals surface area contributed by atoms with E-state index in [1.54, 1.807) is 6.07 Å². The Balaban J connectivity index is 1.81. The highest BCUT2D eigenvalue weighted by atomic mass is 16.5. The number of hydrogen-bond acceptors (Lipinski definition) is 4. The van der Waals surface area contributed by atoms with Crippen LogP contribution in [0.25, 0.3) is 10.9 Å². The number of benzene rings is 2. The number of methoxy groups -OCH3 is 1. The van der Waals surface area contributed by atoms with E-state index in [1.165, 1.54) is 12.7 Å². The van der Waals surface area contributed by atoms with Crippen molar-refractivity contribution in [2.75, 3.05) is 7.11 Å². The first-order valence-corrected chi connectivity index (χ1v) is 8.78. The summed E-state index contributed by atoms with van der Waals surface area (Å²) >= 11 is 0. The minimum Gasteiger partial charge on any atom is -0.467 e. The molecule has 0 aliphatic rings. The van der Waals surface area contributed by atoms with Gasteiger partial charge in [0.25, 0.3) is 5.91 Å². The molecule has 1 aromatic heterocycles. The Kier molecular flexibility index (Phi) is 5.50. The number of rotatable bonds is 5. The first kappa shape index (κ1) is 18.6. The average molecular weight is 362 g/mol. The van der Waals surface area contributed by atoms with Crippen molar-refractivity contribution < 1.29 is 14.3 Å². The number of carbonyl (C=O) groups excluding carboxylic acids is 2. The van der Waals surface area contributed by atoms with Crippen LogP contribution in [0.1, 0.15) is 27.2 Å². The lowest BCUT2D eigenvalue weighted by Gasteiger charge is -2.17. The van der Waals surface area contributed by atoms with Crippen LogP contribution in [0.2, 0.25) is 0 Å². The molecule has 0 saturated heterocycles. The fourth-order valence-electron chi connectivity index (χ4n) is 2.93. The first-order valence-electron chi connectivity index (χ1n) is 8.78. The molecule has 0 radical (unpaired) electrons. The van der Waals surface area contributed by atoms with Crippen LogP contribution in [0.4, 0.5) is 0 Å². The molecule has 5 heteroatoms. The maximum atomic E-state index is 12.6. The minimum atomic E-state index is -0.780. The van der Waals surface area contributed by atoms with E-state index in [4.69, 9.17) is 4.74 Å². The molecule has 0 aliphatic heterocycles. The zero-order valence-electron chi connectivity index (χ0n) is 15.7. The van der Waals surface area contributed by atoms with Gasteiger partial charge in [-0.05, 0) is 42.7 Å². The summed E-state index contributed by atoms with van der Waals surface area (Å²) in [7, 11) is 1.32. The van der Waals surface area contributed by atoms with Gasteiger partial charge in [0.15, 0.2) is 0 Å². The molecule has 0 spiro atoms. The number of esters is 1. The summed E-state index contributed by atoms with van der Waals surface area (Å²) in [5.41, 5.74) is 4.27. The second kappa shape index (κ2) is 7.99. The normalized spacial score (nSPS) is 11.8. The number of nitrogens with zero attached hydrogens (tertiary/aromatic N) is 1. The molecule has 0 saturated carbocycles. The molecule has 5 nitrogen and oxygen atoms in total. The van der Waals surface area contributed by atoms with Gasteiger partial charge in [-0.25, -0.2) is 9.78 Å². The van der Waals surface area contributed by atoms with Crippen molar-refractivity contribution in [3.05, 3.63) is 77.0 Å². The van der Waals surface area contributed by atoms with Crippen molar-refractivity contribution >= 4 is 22.8 Å². The predicted octanol–water partition coefficient (Wildman–Crippen LogP) is 3.37. The summed E-state index contributed by atoms with van der Waals surface area (Å²) in [5.74, 6) is -0.887. The van der Waals surface area contributed by atoms with Crippen molar-refractivity contribution in [3.8, 4) is 0 Å². The summed E-state index contributed by atoms with van der Waals surface area (Å²) < 4.78 is 4.87. The fourth-order valence-corrected chi connectivity index (χ4v) is 2.93. The van der Waals surface area contributed by atoms with Crippen LogP contribution in [0, 0.1) is 13.8 Å². The Hall–Kier alpha value is -3.21. The van der Waals surface area contributed by atoms with Gasteiger partial charge in [0, 0.05) is 11.8 Å². The van der Waals surface area contributed by atoms with E-state index >= 15 is 0 Å². The van der Waals surface area contributed by atoms with Gasteiger partial charge in [0.1, 0.15) is 11.7 Å². The predicted molar refractivity (Wildman–Crippen MR) is 105 cm³/mol. The smallest absolute Gasteiger partial charge is 0.328 e. The van der Waals surface area contributed by atoms with E-state index in [2.05, 4.69) is 10.3 Å². The van der Waals surface area contributed by atoms with Crippen molar-refractivity contribution in [2.24, 2.45) is 0 Å². The summed E-state index contributed by atoms with van der Waals surface area (Å²) in [6.45, 7) is 4.05. The number of ether oxygens (including phenoxy) is 1. The lowest BCUT2D eigenvalue weighted by Crippen LogP contribution is -2.43. The third-order valence-corrected chi connectivity index (χ3v) is 4.63.